The minimum atomic E-state index is -0.148. The molecule has 3 rings (SSSR count). The van der Waals surface area contributed by atoms with Crippen molar-refractivity contribution in [2.75, 3.05) is 6.61 Å². The van der Waals surface area contributed by atoms with Crippen molar-refractivity contribution in [1.82, 2.24) is 0 Å². The first-order chi connectivity index (χ1) is 11.0. The summed E-state index contributed by atoms with van der Waals surface area (Å²) in [7, 11) is 0. The van der Waals surface area contributed by atoms with Gasteiger partial charge in [0.2, 0.25) is 5.78 Å². The van der Waals surface area contributed by atoms with E-state index in [0.29, 0.717) is 29.4 Å². The van der Waals surface area contributed by atoms with E-state index in [0.717, 1.165) is 5.76 Å². The number of aryl methyl sites for hydroxylation is 1. The average Bonchev–Trinajstić information content (AvgIpc) is 3.03. The Morgan fingerprint density at radius 2 is 2.04 bits per heavy atom. The van der Waals surface area contributed by atoms with Crippen molar-refractivity contribution in [1.29, 1.82) is 0 Å². The van der Waals surface area contributed by atoms with Crippen LogP contribution >= 0.6 is 0 Å². The Labute approximate surface area is 135 Å². The monoisotopic (exact) mass is 310 g/mol. The molecule has 0 aliphatic carbocycles. The van der Waals surface area contributed by atoms with Gasteiger partial charge < -0.3 is 13.9 Å². The maximum atomic E-state index is 12.3. The molecule has 1 aliphatic heterocycles. The number of carbonyl (C=O) groups excluding carboxylic acids is 1. The van der Waals surface area contributed by atoms with Crippen LogP contribution in [0.5, 0.6) is 11.5 Å². The first-order valence-electron chi connectivity index (χ1n) is 7.44. The smallest absolute Gasteiger partial charge is 0.232 e. The summed E-state index contributed by atoms with van der Waals surface area (Å²) in [5, 5.41) is 0. The normalized spacial score (nSPS) is 14.6. The van der Waals surface area contributed by atoms with Gasteiger partial charge in [0.15, 0.2) is 5.76 Å². The van der Waals surface area contributed by atoms with E-state index >= 15 is 0 Å². The lowest BCUT2D eigenvalue weighted by Gasteiger charge is -2.05. The number of rotatable bonds is 4. The average molecular weight is 310 g/mol. The van der Waals surface area contributed by atoms with E-state index in [-0.39, 0.29) is 11.5 Å². The first kappa shape index (κ1) is 15.2. The molecule has 0 N–H and O–H groups in total. The lowest BCUT2D eigenvalue weighted by molar-refractivity contribution is 0.101. The number of Topliss-reactive ketones (excluding diaryl/α,β-unsaturated/α-hetero) is 1. The Morgan fingerprint density at radius 3 is 2.74 bits per heavy atom. The van der Waals surface area contributed by atoms with Crippen molar-refractivity contribution in [3.05, 3.63) is 64.8 Å². The Kier molecular flexibility index (Phi) is 4.06. The van der Waals surface area contributed by atoms with Crippen LogP contribution in [0.4, 0.5) is 0 Å². The molecule has 0 saturated carbocycles. The summed E-state index contributed by atoms with van der Waals surface area (Å²) in [4.78, 5) is 12.3. The van der Waals surface area contributed by atoms with Gasteiger partial charge >= 0.3 is 0 Å². The second kappa shape index (κ2) is 6.16. The fraction of sp³-hybridized carbons (Fsp3) is 0.211. The topological polar surface area (TPSA) is 48.7 Å². The molecule has 4 nitrogen and oxygen atoms in total. The maximum absolute atomic E-state index is 12.3. The molecule has 0 fully saturated rings. The molecule has 1 aromatic carbocycles. The van der Waals surface area contributed by atoms with Gasteiger partial charge in [-0.3, -0.25) is 4.79 Å². The Morgan fingerprint density at radius 1 is 1.22 bits per heavy atom. The molecular weight excluding hydrogens is 292 g/mol. The predicted octanol–water partition coefficient (Wildman–Crippen LogP) is 4.55. The number of benzene rings is 1. The van der Waals surface area contributed by atoms with Crippen LogP contribution in [-0.2, 0) is 0 Å². The molecule has 23 heavy (non-hydrogen) atoms. The zero-order valence-corrected chi connectivity index (χ0v) is 13.4. The third-order valence-electron chi connectivity index (χ3n) is 3.42. The third kappa shape index (κ3) is 3.37. The first-order valence-corrected chi connectivity index (χ1v) is 7.44. The zero-order valence-electron chi connectivity index (χ0n) is 13.4. The van der Waals surface area contributed by atoms with Crippen molar-refractivity contribution in [3.63, 3.8) is 0 Å². The van der Waals surface area contributed by atoms with Crippen molar-refractivity contribution in [2.45, 2.75) is 20.8 Å². The molecule has 0 unspecified atom stereocenters. The third-order valence-corrected chi connectivity index (χ3v) is 3.42. The number of fused-ring (bicyclic) bond motifs is 1. The molecule has 2 heterocycles. The Balaban J connectivity index is 1.79. The molecule has 2 aromatic rings. The van der Waals surface area contributed by atoms with Gasteiger partial charge in [0.25, 0.3) is 0 Å². The van der Waals surface area contributed by atoms with E-state index in [1.54, 1.807) is 30.3 Å². The van der Waals surface area contributed by atoms with E-state index in [1.165, 1.54) is 5.57 Å². The lowest BCUT2D eigenvalue weighted by Crippen LogP contribution is -1.97. The number of ketones is 1. The van der Waals surface area contributed by atoms with Crippen LogP contribution in [-0.4, -0.2) is 12.4 Å². The number of hydrogen-bond acceptors (Lipinski definition) is 4. The van der Waals surface area contributed by atoms with Crippen LogP contribution in [0.3, 0.4) is 0 Å². The van der Waals surface area contributed by atoms with Crippen molar-refractivity contribution in [3.8, 4) is 11.5 Å². The van der Waals surface area contributed by atoms with Crippen molar-refractivity contribution < 1.29 is 18.7 Å². The van der Waals surface area contributed by atoms with Gasteiger partial charge in [0.1, 0.15) is 29.6 Å². The highest BCUT2D eigenvalue weighted by Gasteiger charge is 2.28. The molecule has 1 aliphatic rings. The zero-order chi connectivity index (χ0) is 16.4. The van der Waals surface area contributed by atoms with Gasteiger partial charge in [-0.1, -0.05) is 5.57 Å². The van der Waals surface area contributed by atoms with Crippen LogP contribution in [0.15, 0.2) is 52.2 Å². The number of furan rings is 1. The number of allylic oxidation sites excluding steroid dienone is 2. The lowest BCUT2D eigenvalue weighted by atomic mass is 10.1. The quantitative estimate of drug-likeness (QED) is 0.614. The molecule has 0 spiro atoms. The summed E-state index contributed by atoms with van der Waals surface area (Å²) < 4.78 is 16.7. The highest BCUT2D eigenvalue weighted by atomic mass is 16.5. The number of hydrogen-bond donors (Lipinski definition) is 0. The highest BCUT2D eigenvalue weighted by Crippen LogP contribution is 2.35. The van der Waals surface area contributed by atoms with Gasteiger partial charge in [0, 0.05) is 12.1 Å². The fourth-order valence-electron chi connectivity index (χ4n) is 2.22. The van der Waals surface area contributed by atoms with Crippen molar-refractivity contribution in [2.24, 2.45) is 0 Å². The summed E-state index contributed by atoms with van der Waals surface area (Å²) in [6.45, 7) is 6.37. The maximum Gasteiger partial charge on any atom is 0.232 e. The van der Waals surface area contributed by atoms with Crippen LogP contribution < -0.4 is 9.47 Å². The second-order valence-electron chi connectivity index (χ2n) is 5.64. The molecule has 0 atom stereocenters. The van der Waals surface area contributed by atoms with Crippen LogP contribution in [0, 0.1) is 6.92 Å². The van der Waals surface area contributed by atoms with E-state index in [1.807, 2.05) is 32.9 Å². The van der Waals surface area contributed by atoms with Crippen LogP contribution in [0.1, 0.15) is 35.7 Å². The Bertz CT molecular complexity index is 805. The van der Waals surface area contributed by atoms with Gasteiger partial charge in [0.05, 0.1) is 5.56 Å². The summed E-state index contributed by atoms with van der Waals surface area (Å²) in [6.07, 6.45) is 3.60. The number of carbonyl (C=O) groups is 1. The number of ether oxygens (including phenoxy) is 2. The second-order valence-corrected chi connectivity index (χ2v) is 5.64. The summed E-state index contributed by atoms with van der Waals surface area (Å²) in [5.74, 6) is 2.68. The summed E-state index contributed by atoms with van der Waals surface area (Å²) in [5.41, 5.74) is 1.73. The molecule has 118 valence electrons. The van der Waals surface area contributed by atoms with E-state index in [9.17, 15) is 4.79 Å². The molecule has 0 radical (unpaired) electrons. The molecule has 0 amide bonds. The standard InChI is InChI=1S/C19H18O4/c1-12(2)8-9-21-14-6-7-16-17(10-14)23-18(19(16)20)11-15-5-4-13(3)22-15/h4-8,10-11H,9H2,1-3H3/b18-11-. The van der Waals surface area contributed by atoms with Crippen molar-refractivity contribution >= 4 is 11.9 Å². The van der Waals surface area contributed by atoms with E-state index in [4.69, 9.17) is 13.9 Å². The van der Waals surface area contributed by atoms with Gasteiger partial charge in [-0.2, -0.15) is 0 Å². The molecule has 1 aromatic heterocycles. The van der Waals surface area contributed by atoms with Gasteiger partial charge in [-0.05, 0) is 51.1 Å². The minimum Gasteiger partial charge on any atom is -0.489 e. The Hall–Kier alpha value is -2.75. The van der Waals surface area contributed by atoms with E-state index in [2.05, 4.69) is 0 Å². The molecule has 0 bridgehead atoms. The minimum absolute atomic E-state index is 0.148. The molecule has 0 saturated heterocycles. The summed E-state index contributed by atoms with van der Waals surface area (Å²) >= 11 is 0. The molecule has 4 heteroatoms. The van der Waals surface area contributed by atoms with E-state index < -0.39 is 0 Å². The van der Waals surface area contributed by atoms with Gasteiger partial charge in [-0.15, -0.1) is 0 Å². The largest absolute Gasteiger partial charge is 0.489 e. The van der Waals surface area contributed by atoms with Crippen LogP contribution in [0.25, 0.3) is 6.08 Å². The predicted molar refractivity (Wildman–Crippen MR) is 87.7 cm³/mol. The highest BCUT2D eigenvalue weighted by molar-refractivity contribution is 6.14. The fourth-order valence-corrected chi connectivity index (χ4v) is 2.22. The van der Waals surface area contributed by atoms with Crippen LogP contribution in [0.2, 0.25) is 0 Å². The molecular formula is C19H18O4. The van der Waals surface area contributed by atoms with Gasteiger partial charge in [-0.25, -0.2) is 0 Å². The summed E-state index contributed by atoms with van der Waals surface area (Å²) in [6, 6.07) is 8.88. The SMILES string of the molecule is CC(C)=CCOc1ccc2c(c1)O/C(=C\c1ccc(C)o1)C2=O.